The largest absolute Gasteiger partial charge is 0.340 e. The van der Waals surface area contributed by atoms with Gasteiger partial charge in [-0.05, 0) is 18.1 Å². The fourth-order valence-corrected chi connectivity index (χ4v) is 3.73. The van der Waals surface area contributed by atoms with Crippen LogP contribution in [0.15, 0.2) is 0 Å². The molecule has 1 N–H and O–H groups in total. The van der Waals surface area contributed by atoms with Crippen LogP contribution in [-0.4, -0.2) is 15.5 Å². The van der Waals surface area contributed by atoms with Crippen molar-refractivity contribution in [1.29, 1.82) is 0 Å². The van der Waals surface area contributed by atoms with Crippen molar-refractivity contribution in [2.45, 2.75) is 45.7 Å². The molecular weight excluding hydrogens is 138 g/mol. The lowest BCUT2D eigenvalue weighted by Crippen LogP contribution is -2.35. The first-order valence-corrected chi connectivity index (χ1v) is 6.51. The molecule has 0 saturated heterocycles. The lowest BCUT2D eigenvalue weighted by Gasteiger charge is -2.18. The predicted octanol–water partition coefficient (Wildman–Crippen LogP) is 2.14. The predicted molar refractivity (Wildman–Crippen MR) is 51.0 cm³/mol. The van der Waals surface area contributed by atoms with Crippen molar-refractivity contribution in [2.24, 2.45) is 0 Å². The highest BCUT2D eigenvalue weighted by atomic mass is 28.3. The summed E-state index contributed by atoms with van der Waals surface area (Å²) in [6.07, 6.45) is 1.35. The van der Waals surface area contributed by atoms with E-state index in [4.69, 9.17) is 0 Å². The van der Waals surface area contributed by atoms with E-state index in [1.807, 2.05) is 0 Å². The maximum absolute atomic E-state index is 3.62. The Morgan fingerprint density at radius 3 is 2.20 bits per heavy atom. The van der Waals surface area contributed by atoms with Gasteiger partial charge < -0.3 is 4.98 Å². The van der Waals surface area contributed by atoms with E-state index in [9.17, 15) is 0 Å². The molecule has 2 heteroatoms. The van der Waals surface area contributed by atoms with Crippen molar-refractivity contribution < 1.29 is 0 Å². The van der Waals surface area contributed by atoms with Gasteiger partial charge >= 0.3 is 0 Å². The molecule has 0 aliphatic rings. The van der Waals surface area contributed by atoms with E-state index in [1.165, 1.54) is 12.5 Å². The van der Waals surface area contributed by atoms with Gasteiger partial charge in [-0.1, -0.05) is 34.1 Å². The monoisotopic (exact) mass is 159 g/mol. The van der Waals surface area contributed by atoms with Gasteiger partial charge in [0.1, 0.15) is 8.96 Å². The second-order valence-electron chi connectivity index (χ2n) is 3.20. The molecule has 0 spiro atoms. The molecule has 0 aromatic carbocycles. The Kier molecular flexibility index (Phi) is 6.03. The van der Waals surface area contributed by atoms with Crippen LogP contribution in [0.4, 0.5) is 0 Å². The minimum atomic E-state index is -0.557. The zero-order chi connectivity index (χ0) is 7.98. The van der Waals surface area contributed by atoms with E-state index in [2.05, 4.69) is 32.7 Å². The molecule has 0 heterocycles. The Bertz CT molecular complexity index is 67.7. The van der Waals surface area contributed by atoms with Gasteiger partial charge in [-0.3, -0.25) is 0 Å². The Morgan fingerprint density at radius 1 is 1.30 bits per heavy atom. The highest BCUT2D eigenvalue weighted by Crippen LogP contribution is 2.10. The third-order valence-electron chi connectivity index (χ3n) is 1.87. The fourth-order valence-electron chi connectivity index (χ4n) is 1.24. The molecule has 1 nitrogen and oxygen atoms in total. The third-order valence-corrected chi connectivity index (χ3v) is 5.61. The van der Waals surface area contributed by atoms with Gasteiger partial charge in [-0.15, -0.1) is 0 Å². The molecular formula is C8H21NSi. The second-order valence-corrected chi connectivity index (χ2v) is 6.73. The van der Waals surface area contributed by atoms with Gasteiger partial charge in [0, 0.05) is 0 Å². The highest BCUT2D eigenvalue weighted by Gasteiger charge is 2.11. The smallest absolute Gasteiger partial charge is 0.111 e. The van der Waals surface area contributed by atoms with Crippen LogP contribution in [0.1, 0.15) is 34.1 Å². The summed E-state index contributed by atoms with van der Waals surface area (Å²) in [5, 5.41) is 0. The SMILES string of the molecule is CCC[SiH](NCC)C(C)C. The average Bonchev–Trinajstić information content (AvgIpc) is 1.87. The fraction of sp³-hybridized carbons (Fsp3) is 1.00. The van der Waals surface area contributed by atoms with E-state index >= 15 is 0 Å². The molecule has 0 radical (unpaired) electrons. The van der Waals surface area contributed by atoms with E-state index in [1.54, 1.807) is 0 Å². The van der Waals surface area contributed by atoms with E-state index < -0.39 is 8.96 Å². The minimum absolute atomic E-state index is 0.557. The van der Waals surface area contributed by atoms with Crippen LogP contribution in [0.25, 0.3) is 0 Å². The zero-order valence-electron chi connectivity index (χ0n) is 7.78. The van der Waals surface area contributed by atoms with Crippen LogP contribution >= 0.6 is 0 Å². The van der Waals surface area contributed by atoms with Crippen LogP contribution in [-0.2, 0) is 0 Å². The molecule has 1 unspecified atom stereocenters. The van der Waals surface area contributed by atoms with Gasteiger partial charge in [-0.25, -0.2) is 0 Å². The van der Waals surface area contributed by atoms with Crippen molar-refractivity contribution in [3.05, 3.63) is 0 Å². The van der Waals surface area contributed by atoms with Crippen molar-refractivity contribution in [1.82, 2.24) is 4.98 Å². The lowest BCUT2D eigenvalue weighted by atomic mass is 10.6. The lowest BCUT2D eigenvalue weighted by molar-refractivity contribution is 0.876. The van der Waals surface area contributed by atoms with Crippen molar-refractivity contribution in [3.8, 4) is 0 Å². The first kappa shape index (κ1) is 10.2. The molecule has 62 valence electrons. The van der Waals surface area contributed by atoms with Crippen LogP contribution in [0.3, 0.4) is 0 Å². The average molecular weight is 159 g/mol. The van der Waals surface area contributed by atoms with Gasteiger partial charge in [0.2, 0.25) is 0 Å². The Morgan fingerprint density at radius 2 is 1.90 bits per heavy atom. The van der Waals surface area contributed by atoms with Gasteiger partial charge in [0.15, 0.2) is 0 Å². The first-order valence-electron chi connectivity index (χ1n) is 4.45. The number of hydrogen-bond donors (Lipinski definition) is 1. The van der Waals surface area contributed by atoms with Crippen molar-refractivity contribution in [2.75, 3.05) is 6.54 Å². The summed E-state index contributed by atoms with van der Waals surface area (Å²) in [6, 6.07) is 1.45. The molecule has 0 fully saturated rings. The Hall–Kier alpha value is 0.177. The number of hydrogen-bond acceptors (Lipinski definition) is 1. The normalized spacial score (nSPS) is 14.1. The number of nitrogens with one attached hydrogen (secondary N) is 1. The standard InChI is InChI=1S/C8H21NSi/c1-5-7-10(8(3)4)9-6-2/h8-10H,5-7H2,1-4H3. The topological polar surface area (TPSA) is 12.0 Å². The molecule has 1 atom stereocenters. The summed E-state index contributed by atoms with van der Waals surface area (Å²) < 4.78 is 0. The van der Waals surface area contributed by atoms with Gasteiger partial charge in [-0.2, -0.15) is 0 Å². The third kappa shape index (κ3) is 4.07. The quantitative estimate of drug-likeness (QED) is 0.606. The van der Waals surface area contributed by atoms with E-state index in [0.29, 0.717) is 0 Å². The summed E-state index contributed by atoms with van der Waals surface area (Å²) in [5.74, 6) is 0. The molecule has 10 heavy (non-hydrogen) atoms. The molecule has 0 aromatic heterocycles. The summed E-state index contributed by atoms with van der Waals surface area (Å²) in [6.45, 7) is 10.3. The van der Waals surface area contributed by atoms with Crippen LogP contribution in [0.5, 0.6) is 0 Å². The summed E-state index contributed by atoms with van der Waals surface area (Å²) in [5.41, 5.74) is 0.917. The van der Waals surface area contributed by atoms with Gasteiger partial charge in [0.25, 0.3) is 0 Å². The van der Waals surface area contributed by atoms with Crippen LogP contribution in [0, 0.1) is 0 Å². The summed E-state index contributed by atoms with van der Waals surface area (Å²) in [7, 11) is -0.557. The minimum Gasteiger partial charge on any atom is -0.340 e. The Labute approximate surface area is 66.9 Å². The molecule has 0 bridgehead atoms. The van der Waals surface area contributed by atoms with Crippen LogP contribution in [0.2, 0.25) is 11.6 Å². The Balaban J connectivity index is 3.50. The van der Waals surface area contributed by atoms with Gasteiger partial charge in [0.05, 0.1) is 0 Å². The molecule has 0 aliphatic carbocycles. The summed E-state index contributed by atoms with van der Waals surface area (Å²) >= 11 is 0. The highest BCUT2D eigenvalue weighted by molar-refractivity contribution is 6.57. The second kappa shape index (κ2) is 5.92. The van der Waals surface area contributed by atoms with E-state index in [-0.39, 0.29) is 0 Å². The molecule has 0 rings (SSSR count). The molecule has 0 amide bonds. The van der Waals surface area contributed by atoms with Crippen LogP contribution < -0.4 is 4.98 Å². The van der Waals surface area contributed by atoms with E-state index in [0.717, 1.165) is 12.1 Å². The zero-order valence-corrected chi connectivity index (χ0v) is 8.93. The molecule has 0 saturated carbocycles. The first-order chi connectivity index (χ1) is 4.72. The maximum atomic E-state index is 3.62. The van der Waals surface area contributed by atoms with Crippen molar-refractivity contribution >= 4 is 8.96 Å². The molecule has 0 aliphatic heterocycles. The summed E-state index contributed by atoms with van der Waals surface area (Å²) in [4.78, 5) is 3.62. The maximum Gasteiger partial charge on any atom is 0.111 e. The number of rotatable bonds is 5. The molecule has 0 aromatic rings. The van der Waals surface area contributed by atoms with Crippen molar-refractivity contribution in [3.63, 3.8) is 0 Å².